The fraction of sp³-hybridized carbons (Fsp3) is 0.750. The molecule has 0 spiro atoms. The molecule has 0 N–H and O–H groups in total. The molecule has 0 fully saturated rings. The van der Waals surface area contributed by atoms with Crippen LogP contribution in [-0.2, 0) is 14.3 Å². The lowest BCUT2D eigenvalue weighted by atomic mass is 10.5. The van der Waals surface area contributed by atoms with Crippen molar-refractivity contribution in [2.45, 2.75) is 33.4 Å². The molecule has 72 valence electrons. The quantitative estimate of drug-likeness (QED) is 0.640. The normalized spacial score (nSPS) is 11.2. The third-order valence-electron chi connectivity index (χ3n) is 0.961. The molecule has 0 aliphatic carbocycles. The van der Waals surface area contributed by atoms with Crippen LogP contribution in [0.25, 0.3) is 0 Å². The standard InChI is InChI=1S/C7H12O3S.CH4/c1-4-10-7(9)5(2)11-6(3)8;/h5H,4H2,1-3H3;1H4. The molecule has 0 heterocycles. The van der Waals surface area contributed by atoms with Gasteiger partial charge in [-0.1, -0.05) is 19.2 Å². The molecule has 0 saturated heterocycles. The Bertz CT molecular complexity index is 156. The van der Waals surface area contributed by atoms with Gasteiger partial charge in [0.15, 0.2) is 5.12 Å². The molecule has 0 aliphatic rings. The topological polar surface area (TPSA) is 43.4 Å². The minimum atomic E-state index is -0.382. The average Bonchev–Trinajstić information content (AvgIpc) is 1.86. The van der Waals surface area contributed by atoms with Gasteiger partial charge in [-0.15, -0.1) is 0 Å². The monoisotopic (exact) mass is 192 g/mol. The van der Waals surface area contributed by atoms with E-state index in [1.54, 1.807) is 13.8 Å². The Morgan fingerprint density at radius 1 is 1.50 bits per heavy atom. The van der Waals surface area contributed by atoms with E-state index in [1.165, 1.54) is 6.92 Å². The first-order chi connectivity index (χ1) is 5.07. The molecule has 0 aliphatic heterocycles. The van der Waals surface area contributed by atoms with E-state index in [0.29, 0.717) is 6.61 Å². The van der Waals surface area contributed by atoms with Gasteiger partial charge in [-0.3, -0.25) is 9.59 Å². The third kappa shape index (κ3) is 6.22. The zero-order chi connectivity index (χ0) is 8.85. The van der Waals surface area contributed by atoms with Gasteiger partial charge in [0.25, 0.3) is 0 Å². The summed E-state index contributed by atoms with van der Waals surface area (Å²) in [5.41, 5.74) is 0. The molecular weight excluding hydrogens is 176 g/mol. The number of thioether (sulfide) groups is 1. The van der Waals surface area contributed by atoms with E-state index < -0.39 is 0 Å². The SMILES string of the molecule is C.CCOC(=O)C(C)SC(C)=O. The lowest BCUT2D eigenvalue weighted by Crippen LogP contribution is -2.17. The van der Waals surface area contributed by atoms with E-state index >= 15 is 0 Å². The van der Waals surface area contributed by atoms with E-state index in [9.17, 15) is 9.59 Å². The minimum absolute atomic E-state index is 0. The predicted molar refractivity (Wildman–Crippen MR) is 51.1 cm³/mol. The molecule has 0 saturated carbocycles. The lowest BCUT2D eigenvalue weighted by molar-refractivity contribution is -0.142. The van der Waals surface area contributed by atoms with Crippen LogP contribution >= 0.6 is 11.8 Å². The molecular formula is C8H16O3S. The summed E-state index contributed by atoms with van der Waals surface area (Å²) in [6.07, 6.45) is 0. The van der Waals surface area contributed by atoms with E-state index in [4.69, 9.17) is 4.74 Å². The van der Waals surface area contributed by atoms with Crippen LogP contribution in [0.15, 0.2) is 0 Å². The van der Waals surface area contributed by atoms with Gasteiger partial charge in [-0.2, -0.15) is 0 Å². The van der Waals surface area contributed by atoms with Crippen LogP contribution < -0.4 is 0 Å². The van der Waals surface area contributed by atoms with Crippen LogP contribution in [0.2, 0.25) is 0 Å². The Labute approximate surface area is 77.9 Å². The highest BCUT2D eigenvalue weighted by atomic mass is 32.2. The van der Waals surface area contributed by atoms with Gasteiger partial charge >= 0.3 is 5.97 Å². The number of hydrogen-bond donors (Lipinski definition) is 0. The maximum Gasteiger partial charge on any atom is 0.319 e. The Balaban J connectivity index is 0. The molecule has 0 radical (unpaired) electrons. The number of esters is 1. The smallest absolute Gasteiger partial charge is 0.319 e. The molecule has 1 atom stereocenters. The van der Waals surface area contributed by atoms with Gasteiger partial charge in [0.2, 0.25) is 0 Å². The number of carbonyl (C=O) groups excluding carboxylic acids is 2. The molecule has 0 aromatic carbocycles. The number of hydrogen-bond acceptors (Lipinski definition) is 4. The summed E-state index contributed by atoms with van der Waals surface area (Å²) in [6.45, 7) is 5.19. The van der Waals surface area contributed by atoms with E-state index in [0.717, 1.165) is 11.8 Å². The summed E-state index contributed by atoms with van der Waals surface area (Å²) in [6, 6.07) is 0. The van der Waals surface area contributed by atoms with Crippen molar-refractivity contribution >= 4 is 22.8 Å². The second-order valence-electron chi connectivity index (χ2n) is 2.00. The summed E-state index contributed by atoms with van der Waals surface area (Å²) >= 11 is 0.989. The molecule has 12 heavy (non-hydrogen) atoms. The highest BCUT2D eigenvalue weighted by Gasteiger charge is 2.15. The van der Waals surface area contributed by atoms with Crippen molar-refractivity contribution in [2.75, 3.05) is 6.61 Å². The van der Waals surface area contributed by atoms with Crippen molar-refractivity contribution in [1.29, 1.82) is 0 Å². The summed E-state index contributed by atoms with van der Waals surface area (Å²) < 4.78 is 4.69. The minimum Gasteiger partial charge on any atom is -0.465 e. The summed E-state index contributed by atoms with van der Waals surface area (Å²) in [5.74, 6) is -0.326. The molecule has 0 bridgehead atoms. The number of carbonyl (C=O) groups is 2. The van der Waals surface area contributed by atoms with Crippen molar-refractivity contribution in [3.63, 3.8) is 0 Å². The van der Waals surface area contributed by atoms with Crippen molar-refractivity contribution in [3.05, 3.63) is 0 Å². The van der Waals surface area contributed by atoms with E-state index in [-0.39, 0.29) is 23.8 Å². The van der Waals surface area contributed by atoms with Crippen LogP contribution in [0.5, 0.6) is 0 Å². The second-order valence-corrected chi connectivity index (χ2v) is 3.52. The third-order valence-corrected chi connectivity index (χ3v) is 1.84. The van der Waals surface area contributed by atoms with Crippen LogP contribution in [0.1, 0.15) is 28.2 Å². The highest BCUT2D eigenvalue weighted by molar-refractivity contribution is 8.14. The second kappa shape index (κ2) is 7.16. The fourth-order valence-electron chi connectivity index (χ4n) is 0.557. The molecule has 0 amide bonds. The van der Waals surface area contributed by atoms with Crippen molar-refractivity contribution in [3.8, 4) is 0 Å². The van der Waals surface area contributed by atoms with Gasteiger partial charge in [0, 0.05) is 6.92 Å². The maximum absolute atomic E-state index is 10.9. The van der Waals surface area contributed by atoms with Crippen LogP contribution in [0, 0.1) is 0 Å². The van der Waals surface area contributed by atoms with Gasteiger partial charge in [0.1, 0.15) is 5.25 Å². The first-order valence-electron chi connectivity index (χ1n) is 3.41. The van der Waals surface area contributed by atoms with Gasteiger partial charge < -0.3 is 4.74 Å². The predicted octanol–water partition coefficient (Wildman–Crippen LogP) is 1.85. The van der Waals surface area contributed by atoms with Crippen molar-refractivity contribution in [1.82, 2.24) is 0 Å². The molecule has 1 unspecified atom stereocenters. The number of rotatable bonds is 3. The van der Waals surface area contributed by atoms with Gasteiger partial charge in [-0.25, -0.2) is 0 Å². The number of ether oxygens (including phenoxy) is 1. The summed E-state index contributed by atoms with van der Waals surface area (Å²) in [5, 5.41) is -0.446. The van der Waals surface area contributed by atoms with E-state index in [1.807, 2.05) is 0 Å². The Morgan fingerprint density at radius 3 is 2.33 bits per heavy atom. The zero-order valence-corrected chi connectivity index (χ0v) is 7.73. The Hall–Kier alpha value is -0.510. The maximum atomic E-state index is 10.9. The lowest BCUT2D eigenvalue weighted by Gasteiger charge is -2.06. The Kier molecular flexibility index (Phi) is 8.37. The summed E-state index contributed by atoms with van der Waals surface area (Å²) in [7, 11) is 0. The molecule has 0 aromatic rings. The fourth-order valence-corrected chi connectivity index (χ4v) is 1.22. The van der Waals surface area contributed by atoms with E-state index in [2.05, 4.69) is 0 Å². The van der Waals surface area contributed by atoms with Crippen LogP contribution in [-0.4, -0.2) is 22.9 Å². The largest absolute Gasteiger partial charge is 0.465 e. The van der Waals surface area contributed by atoms with Crippen LogP contribution in [0.3, 0.4) is 0 Å². The van der Waals surface area contributed by atoms with Gasteiger partial charge in [-0.05, 0) is 13.8 Å². The Morgan fingerprint density at radius 2 is 2.00 bits per heavy atom. The molecule has 0 aromatic heterocycles. The van der Waals surface area contributed by atoms with Crippen LogP contribution in [0.4, 0.5) is 0 Å². The summed E-state index contributed by atoms with van der Waals surface area (Å²) in [4.78, 5) is 21.4. The molecule has 3 nitrogen and oxygen atoms in total. The van der Waals surface area contributed by atoms with Crippen molar-refractivity contribution in [2.24, 2.45) is 0 Å². The van der Waals surface area contributed by atoms with Crippen molar-refractivity contribution < 1.29 is 14.3 Å². The molecule has 0 rings (SSSR count). The average molecular weight is 192 g/mol. The highest BCUT2D eigenvalue weighted by Crippen LogP contribution is 2.12. The van der Waals surface area contributed by atoms with Gasteiger partial charge in [0.05, 0.1) is 6.61 Å². The molecule has 4 heteroatoms. The first-order valence-corrected chi connectivity index (χ1v) is 4.29. The first kappa shape index (κ1) is 14.0. The zero-order valence-electron chi connectivity index (χ0n) is 6.92.